The summed E-state index contributed by atoms with van der Waals surface area (Å²) in [5, 5.41) is 22.5. The number of amides is 1. The van der Waals surface area contributed by atoms with Crippen LogP contribution in [0.3, 0.4) is 0 Å². The lowest BCUT2D eigenvalue weighted by Gasteiger charge is -2.18. The van der Waals surface area contributed by atoms with Crippen molar-refractivity contribution in [3.8, 4) is 0 Å². The fraction of sp³-hybridized carbons (Fsp3) is 0.583. The van der Waals surface area contributed by atoms with Gasteiger partial charge in [0.2, 0.25) is 0 Å². The van der Waals surface area contributed by atoms with E-state index in [9.17, 15) is 9.90 Å². The topological polar surface area (TPSA) is 125 Å². The number of aromatic nitrogens is 2. The number of carbonyl (C=O) groups is 1. The molecule has 1 saturated heterocycles. The average molecular weight is 348 g/mol. The summed E-state index contributed by atoms with van der Waals surface area (Å²) in [6.45, 7) is 2.23. The lowest BCUT2D eigenvalue weighted by molar-refractivity contribution is 0.139. The molecule has 0 spiro atoms. The second kappa shape index (κ2) is 7.21. The third-order valence-electron chi connectivity index (χ3n) is 3.20. The summed E-state index contributed by atoms with van der Waals surface area (Å²) in [5.41, 5.74) is 6.04. The van der Waals surface area contributed by atoms with Crippen molar-refractivity contribution >= 4 is 41.0 Å². The molecule has 122 valence electrons. The predicted molar refractivity (Wildman–Crippen MR) is 85.5 cm³/mol. The Labute approximate surface area is 137 Å². The summed E-state index contributed by atoms with van der Waals surface area (Å²) in [4.78, 5) is 20.5. The molecule has 5 N–H and O–H groups in total. The van der Waals surface area contributed by atoms with Crippen LogP contribution in [0.2, 0.25) is 5.15 Å². The number of nitrogens with zero attached hydrogens (tertiary/aromatic N) is 3. The van der Waals surface area contributed by atoms with Crippen LogP contribution in [0.1, 0.15) is 13.3 Å². The fourth-order valence-electron chi connectivity index (χ4n) is 2.05. The summed E-state index contributed by atoms with van der Waals surface area (Å²) in [5.74, 6) is 1.16. The molecule has 8 nitrogen and oxygen atoms in total. The van der Waals surface area contributed by atoms with E-state index in [1.807, 2.05) is 6.92 Å². The van der Waals surface area contributed by atoms with Crippen molar-refractivity contribution in [2.75, 3.05) is 29.9 Å². The van der Waals surface area contributed by atoms with Crippen molar-refractivity contribution in [2.24, 2.45) is 0 Å². The van der Waals surface area contributed by atoms with Crippen molar-refractivity contribution in [1.82, 2.24) is 14.9 Å². The Bertz CT molecular complexity index is 562. The second-order valence-corrected chi connectivity index (χ2v) is 6.33. The zero-order valence-corrected chi connectivity index (χ0v) is 13.6. The van der Waals surface area contributed by atoms with Crippen molar-refractivity contribution in [3.63, 3.8) is 0 Å². The average Bonchev–Trinajstić information content (AvgIpc) is 2.83. The number of likely N-dealkylation sites (tertiary alicyclic amines) is 1. The molecule has 2 rings (SSSR count). The van der Waals surface area contributed by atoms with Gasteiger partial charge in [-0.05, 0) is 6.42 Å². The Morgan fingerprint density at radius 1 is 1.55 bits per heavy atom. The maximum Gasteiger partial charge on any atom is 0.407 e. The molecule has 1 aliphatic rings. The summed E-state index contributed by atoms with van der Waals surface area (Å²) < 4.78 is 0. The van der Waals surface area contributed by atoms with Gasteiger partial charge in [-0.15, -0.1) is 0 Å². The van der Waals surface area contributed by atoms with Gasteiger partial charge in [0.25, 0.3) is 0 Å². The third kappa shape index (κ3) is 3.84. The summed E-state index contributed by atoms with van der Waals surface area (Å²) in [6, 6.07) is -0.492. The number of thioether (sulfide) groups is 1. The number of aliphatic hydroxyl groups excluding tert-OH is 1. The first-order valence-electron chi connectivity index (χ1n) is 6.80. The number of halogens is 1. The molecule has 1 aromatic rings. The number of hydrogen-bond donors (Lipinski definition) is 4. The standard InChI is InChI=1S/C12H18ClN5O3S/c1-2-3-22-11-16-9(13)8(14)10(17-11)15-6-4-18(12(20)21)5-7(6)19/h6-7,19H,2-5,14H2,1H3,(H,20,21)(H,15,16,17). The number of hydrogen-bond acceptors (Lipinski definition) is 7. The van der Waals surface area contributed by atoms with Crippen LogP contribution in [-0.4, -0.2) is 62.2 Å². The van der Waals surface area contributed by atoms with Crippen LogP contribution in [0.25, 0.3) is 0 Å². The Hall–Kier alpha value is -1.45. The number of carboxylic acid groups (broad SMARTS) is 1. The quantitative estimate of drug-likeness (QED) is 0.357. The molecule has 10 heteroatoms. The highest BCUT2D eigenvalue weighted by Gasteiger charge is 2.34. The van der Waals surface area contributed by atoms with Crippen molar-refractivity contribution in [3.05, 3.63) is 5.15 Å². The first-order chi connectivity index (χ1) is 10.4. The number of nitrogens with two attached hydrogens (primary N) is 1. The van der Waals surface area contributed by atoms with Gasteiger partial charge in [0.05, 0.1) is 18.7 Å². The van der Waals surface area contributed by atoms with E-state index in [2.05, 4.69) is 15.3 Å². The predicted octanol–water partition coefficient (Wildman–Crippen LogP) is 1.35. The van der Waals surface area contributed by atoms with Crippen LogP contribution < -0.4 is 11.1 Å². The van der Waals surface area contributed by atoms with Gasteiger partial charge in [-0.3, -0.25) is 0 Å². The number of anilines is 2. The van der Waals surface area contributed by atoms with Gasteiger partial charge < -0.3 is 26.2 Å². The first-order valence-corrected chi connectivity index (χ1v) is 8.17. The minimum atomic E-state index is -1.07. The highest BCUT2D eigenvalue weighted by molar-refractivity contribution is 7.99. The first kappa shape index (κ1) is 16.9. The molecule has 0 aliphatic carbocycles. The molecule has 1 amide bonds. The lowest BCUT2D eigenvalue weighted by atomic mass is 10.2. The molecule has 2 heterocycles. The van der Waals surface area contributed by atoms with Gasteiger partial charge in [-0.1, -0.05) is 30.3 Å². The third-order valence-corrected chi connectivity index (χ3v) is 4.54. The Morgan fingerprint density at radius 2 is 2.27 bits per heavy atom. The largest absolute Gasteiger partial charge is 0.465 e. The normalized spacial score (nSPS) is 21.1. The van der Waals surface area contributed by atoms with Crippen LogP contribution >= 0.6 is 23.4 Å². The molecule has 0 bridgehead atoms. The zero-order valence-electron chi connectivity index (χ0n) is 12.0. The molecular weight excluding hydrogens is 330 g/mol. The zero-order chi connectivity index (χ0) is 16.3. The van der Waals surface area contributed by atoms with E-state index in [0.717, 1.165) is 17.1 Å². The van der Waals surface area contributed by atoms with Crippen LogP contribution in [0.5, 0.6) is 0 Å². The summed E-state index contributed by atoms with van der Waals surface area (Å²) in [7, 11) is 0. The van der Waals surface area contributed by atoms with Gasteiger partial charge in [0.15, 0.2) is 16.1 Å². The maximum absolute atomic E-state index is 11.0. The van der Waals surface area contributed by atoms with E-state index in [-0.39, 0.29) is 23.9 Å². The van der Waals surface area contributed by atoms with Gasteiger partial charge >= 0.3 is 6.09 Å². The Kier molecular flexibility index (Phi) is 5.54. The van der Waals surface area contributed by atoms with Crippen LogP contribution in [0.15, 0.2) is 5.16 Å². The molecule has 2 atom stereocenters. The van der Waals surface area contributed by atoms with Crippen molar-refractivity contribution in [2.45, 2.75) is 30.6 Å². The highest BCUT2D eigenvalue weighted by atomic mass is 35.5. The smallest absolute Gasteiger partial charge is 0.407 e. The molecule has 1 aliphatic heterocycles. The number of rotatable bonds is 5. The molecule has 0 saturated carbocycles. The molecular formula is C12H18ClN5O3S. The lowest BCUT2D eigenvalue weighted by Crippen LogP contribution is -2.33. The molecule has 0 radical (unpaired) electrons. The van der Waals surface area contributed by atoms with Crippen LogP contribution in [-0.2, 0) is 0 Å². The van der Waals surface area contributed by atoms with E-state index in [1.54, 1.807) is 0 Å². The van der Waals surface area contributed by atoms with E-state index in [4.69, 9.17) is 22.4 Å². The van der Waals surface area contributed by atoms with Crippen LogP contribution in [0, 0.1) is 0 Å². The van der Waals surface area contributed by atoms with E-state index < -0.39 is 18.2 Å². The van der Waals surface area contributed by atoms with Gasteiger partial charge in [0.1, 0.15) is 5.69 Å². The Morgan fingerprint density at radius 3 is 2.86 bits per heavy atom. The van der Waals surface area contributed by atoms with E-state index in [0.29, 0.717) is 11.0 Å². The maximum atomic E-state index is 11.0. The summed E-state index contributed by atoms with van der Waals surface area (Å²) in [6.07, 6.45) is -0.944. The SMILES string of the molecule is CCCSc1nc(Cl)c(N)c(NC2CN(C(=O)O)CC2O)n1. The molecule has 0 aromatic carbocycles. The van der Waals surface area contributed by atoms with E-state index in [1.165, 1.54) is 11.8 Å². The van der Waals surface area contributed by atoms with E-state index >= 15 is 0 Å². The minimum Gasteiger partial charge on any atom is -0.465 e. The number of nitrogen functional groups attached to an aromatic ring is 1. The minimum absolute atomic E-state index is 0.0448. The molecule has 1 aromatic heterocycles. The molecule has 2 unspecified atom stereocenters. The Balaban J connectivity index is 2.14. The number of β-amino-alcohol motifs (C(OH)–C–C–N with tert-alkyl or cyclic N) is 1. The molecule has 22 heavy (non-hydrogen) atoms. The van der Waals surface area contributed by atoms with Crippen molar-refractivity contribution < 1.29 is 15.0 Å². The second-order valence-electron chi connectivity index (χ2n) is 4.91. The molecule has 1 fully saturated rings. The van der Waals surface area contributed by atoms with Gasteiger partial charge in [0, 0.05) is 12.3 Å². The number of nitrogens with one attached hydrogen (secondary N) is 1. The van der Waals surface area contributed by atoms with Gasteiger partial charge in [-0.25, -0.2) is 14.8 Å². The summed E-state index contributed by atoms with van der Waals surface area (Å²) >= 11 is 7.45. The monoisotopic (exact) mass is 347 g/mol. The fourth-order valence-corrected chi connectivity index (χ4v) is 2.97. The van der Waals surface area contributed by atoms with Gasteiger partial charge in [-0.2, -0.15) is 0 Å². The van der Waals surface area contributed by atoms with Crippen molar-refractivity contribution in [1.29, 1.82) is 0 Å². The van der Waals surface area contributed by atoms with Crippen LogP contribution in [0.4, 0.5) is 16.3 Å². The number of aliphatic hydroxyl groups is 1. The highest BCUT2D eigenvalue weighted by Crippen LogP contribution is 2.29.